The van der Waals surface area contributed by atoms with E-state index >= 15 is 0 Å². The number of nitrogens with zero attached hydrogens (tertiary/aromatic N) is 1. The number of likely N-dealkylation sites (N-methyl/N-ethyl adjacent to an activating group) is 1. The first-order valence-electron chi connectivity index (χ1n) is 10.6. The number of thiol groups is 1. The molecule has 0 saturated carbocycles. The van der Waals surface area contributed by atoms with Crippen LogP contribution in [0.5, 0.6) is 5.75 Å². The summed E-state index contributed by atoms with van der Waals surface area (Å²) < 4.78 is 5.26. The Morgan fingerprint density at radius 3 is 2.19 bits per heavy atom. The van der Waals surface area contributed by atoms with Gasteiger partial charge >= 0.3 is 6.09 Å². The number of nitrogens with one attached hydrogen (secondary N) is 2. The lowest BCUT2D eigenvalue weighted by Gasteiger charge is -2.35. The number of carbonyl (C=O) groups is 3. The molecule has 1 aromatic carbocycles. The van der Waals surface area contributed by atoms with Crippen LogP contribution in [0.15, 0.2) is 18.2 Å². The summed E-state index contributed by atoms with van der Waals surface area (Å²) in [7, 11) is 0. The maximum Gasteiger partial charge on any atom is 0.408 e. The highest BCUT2D eigenvalue weighted by Gasteiger charge is 2.36. The molecule has 1 rings (SSSR count). The summed E-state index contributed by atoms with van der Waals surface area (Å²) in [6.45, 7) is 14.4. The number of hydrogen-bond donors (Lipinski definition) is 4. The molecule has 180 valence electrons. The lowest BCUT2D eigenvalue weighted by atomic mass is 9.99. The van der Waals surface area contributed by atoms with Gasteiger partial charge in [-0.05, 0) is 78.6 Å². The second-order valence-electron chi connectivity index (χ2n) is 9.69. The Labute approximate surface area is 196 Å². The van der Waals surface area contributed by atoms with Gasteiger partial charge in [0.05, 0.1) is 0 Å². The van der Waals surface area contributed by atoms with Gasteiger partial charge < -0.3 is 25.4 Å². The molecule has 1 aromatic rings. The maximum absolute atomic E-state index is 13.4. The van der Waals surface area contributed by atoms with Crippen molar-refractivity contribution in [3.63, 3.8) is 0 Å². The molecule has 0 radical (unpaired) electrons. The SMILES string of the molecule is CCN(C(=O)C(CS)NC(=O)OC(C)(C)C)C(C(=O)NC(C)(C)C)c1ccc(O)c(C)c1. The fraction of sp³-hybridized carbons (Fsp3) is 0.609. The molecule has 0 heterocycles. The van der Waals surface area contributed by atoms with E-state index in [0.29, 0.717) is 11.1 Å². The van der Waals surface area contributed by atoms with Gasteiger partial charge in [-0.15, -0.1) is 0 Å². The van der Waals surface area contributed by atoms with Crippen molar-refractivity contribution in [1.82, 2.24) is 15.5 Å². The minimum absolute atomic E-state index is 0.0246. The Hall–Kier alpha value is -2.42. The highest BCUT2D eigenvalue weighted by atomic mass is 32.1. The number of aryl methyl sites for hydroxylation is 1. The molecule has 0 aliphatic carbocycles. The van der Waals surface area contributed by atoms with E-state index in [-0.39, 0.29) is 24.0 Å². The Kier molecular flexibility index (Phi) is 9.44. The van der Waals surface area contributed by atoms with E-state index in [1.165, 1.54) is 11.0 Å². The number of ether oxygens (including phenoxy) is 1. The maximum atomic E-state index is 13.4. The molecular weight excluding hydrogens is 430 g/mol. The van der Waals surface area contributed by atoms with E-state index in [1.54, 1.807) is 46.8 Å². The van der Waals surface area contributed by atoms with E-state index in [4.69, 9.17) is 4.74 Å². The van der Waals surface area contributed by atoms with E-state index in [0.717, 1.165) is 0 Å². The first-order chi connectivity index (χ1) is 14.6. The van der Waals surface area contributed by atoms with Crippen LogP contribution in [0.2, 0.25) is 0 Å². The fourth-order valence-corrected chi connectivity index (χ4v) is 3.31. The topological polar surface area (TPSA) is 108 Å². The zero-order valence-corrected chi connectivity index (χ0v) is 21.2. The molecular formula is C23H37N3O5S. The van der Waals surface area contributed by atoms with Crippen molar-refractivity contribution in [3.8, 4) is 5.75 Å². The number of amides is 3. The van der Waals surface area contributed by atoms with Crippen LogP contribution in [0.3, 0.4) is 0 Å². The standard InChI is InChI=1S/C23H37N3O5S/c1-9-26(20(29)16(13-32)24-21(30)31-23(6,7)8)18(19(28)25-22(3,4)5)15-10-11-17(27)14(2)12-15/h10-12,16,18,27,32H,9,13H2,1-8H3,(H,24,30)(H,25,28). The lowest BCUT2D eigenvalue weighted by molar-refractivity contribution is -0.142. The second kappa shape index (κ2) is 10.9. The van der Waals surface area contributed by atoms with Crippen LogP contribution in [-0.2, 0) is 14.3 Å². The first-order valence-corrected chi connectivity index (χ1v) is 11.2. The van der Waals surface area contributed by atoms with Gasteiger partial charge in [0.2, 0.25) is 11.8 Å². The quantitative estimate of drug-likeness (QED) is 0.460. The summed E-state index contributed by atoms with van der Waals surface area (Å²) >= 11 is 4.23. The van der Waals surface area contributed by atoms with Crippen molar-refractivity contribution in [3.05, 3.63) is 29.3 Å². The van der Waals surface area contributed by atoms with E-state index < -0.39 is 35.2 Å². The van der Waals surface area contributed by atoms with Crippen molar-refractivity contribution in [2.45, 2.75) is 78.6 Å². The number of alkyl carbamates (subject to hydrolysis) is 1. The largest absolute Gasteiger partial charge is 0.508 e. The van der Waals surface area contributed by atoms with Crippen LogP contribution in [0.25, 0.3) is 0 Å². The van der Waals surface area contributed by atoms with Crippen LogP contribution in [0.1, 0.15) is 65.6 Å². The Bertz CT molecular complexity index is 830. The third-order valence-corrected chi connectivity index (χ3v) is 4.76. The first kappa shape index (κ1) is 27.6. The molecule has 8 nitrogen and oxygen atoms in total. The van der Waals surface area contributed by atoms with Crippen LogP contribution in [0, 0.1) is 6.92 Å². The molecule has 32 heavy (non-hydrogen) atoms. The van der Waals surface area contributed by atoms with Gasteiger partial charge in [0, 0.05) is 17.8 Å². The number of phenolic OH excluding ortho intramolecular Hbond substituents is 1. The van der Waals surface area contributed by atoms with Gasteiger partial charge in [-0.25, -0.2) is 4.79 Å². The predicted octanol–water partition coefficient (Wildman–Crippen LogP) is 3.33. The third kappa shape index (κ3) is 8.26. The summed E-state index contributed by atoms with van der Waals surface area (Å²) in [6, 6.07) is 2.83. The molecule has 0 bridgehead atoms. The minimum atomic E-state index is -0.990. The van der Waals surface area contributed by atoms with Gasteiger partial charge in [-0.2, -0.15) is 12.6 Å². The molecule has 0 fully saturated rings. The van der Waals surface area contributed by atoms with Crippen LogP contribution < -0.4 is 10.6 Å². The lowest BCUT2D eigenvalue weighted by Crippen LogP contribution is -2.55. The molecule has 0 aromatic heterocycles. The number of aromatic hydroxyl groups is 1. The minimum Gasteiger partial charge on any atom is -0.508 e. The smallest absolute Gasteiger partial charge is 0.408 e. The molecule has 2 atom stereocenters. The van der Waals surface area contributed by atoms with Gasteiger partial charge in [-0.1, -0.05) is 6.07 Å². The Morgan fingerprint density at radius 1 is 1.16 bits per heavy atom. The molecule has 2 unspecified atom stereocenters. The molecule has 3 amide bonds. The second-order valence-corrected chi connectivity index (χ2v) is 10.1. The van der Waals surface area contributed by atoms with Gasteiger partial charge in [0.1, 0.15) is 23.4 Å². The van der Waals surface area contributed by atoms with E-state index in [1.807, 2.05) is 20.8 Å². The highest BCUT2D eigenvalue weighted by molar-refractivity contribution is 7.80. The molecule has 0 aliphatic heterocycles. The highest BCUT2D eigenvalue weighted by Crippen LogP contribution is 2.27. The van der Waals surface area contributed by atoms with Crippen LogP contribution in [-0.4, -0.2) is 57.4 Å². The van der Waals surface area contributed by atoms with Crippen molar-refractivity contribution >= 4 is 30.5 Å². The third-order valence-electron chi connectivity index (χ3n) is 4.39. The van der Waals surface area contributed by atoms with Crippen molar-refractivity contribution in [1.29, 1.82) is 0 Å². The number of rotatable bonds is 7. The molecule has 0 spiro atoms. The van der Waals surface area contributed by atoms with Crippen molar-refractivity contribution in [2.75, 3.05) is 12.3 Å². The van der Waals surface area contributed by atoms with Gasteiger partial charge in [-0.3, -0.25) is 9.59 Å². The zero-order valence-electron chi connectivity index (χ0n) is 20.3. The summed E-state index contributed by atoms with van der Waals surface area (Å²) in [5, 5.41) is 15.4. The Morgan fingerprint density at radius 2 is 1.75 bits per heavy atom. The van der Waals surface area contributed by atoms with Crippen molar-refractivity contribution < 1.29 is 24.2 Å². The predicted molar refractivity (Wildman–Crippen MR) is 128 cm³/mol. The molecule has 9 heteroatoms. The molecule has 3 N–H and O–H groups in total. The van der Waals surface area contributed by atoms with E-state index in [9.17, 15) is 19.5 Å². The number of hydrogen-bond acceptors (Lipinski definition) is 6. The number of benzene rings is 1. The van der Waals surface area contributed by atoms with Crippen molar-refractivity contribution in [2.24, 2.45) is 0 Å². The van der Waals surface area contributed by atoms with Crippen LogP contribution >= 0.6 is 12.6 Å². The van der Waals surface area contributed by atoms with Crippen LogP contribution in [0.4, 0.5) is 4.79 Å². The average Bonchev–Trinajstić information content (AvgIpc) is 2.63. The number of phenols is 1. The average molecular weight is 468 g/mol. The number of carbonyl (C=O) groups excluding carboxylic acids is 3. The summed E-state index contributed by atoms with van der Waals surface area (Å²) in [6.07, 6.45) is -0.739. The summed E-state index contributed by atoms with van der Waals surface area (Å²) in [5.74, 6) is -0.712. The Balaban J connectivity index is 3.33. The summed E-state index contributed by atoms with van der Waals surface area (Å²) in [5.41, 5.74) is -0.122. The molecule has 0 aliphatic rings. The van der Waals surface area contributed by atoms with Gasteiger partial charge in [0.25, 0.3) is 0 Å². The fourth-order valence-electron chi connectivity index (χ4n) is 3.06. The summed E-state index contributed by atoms with van der Waals surface area (Å²) in [4.78, 5) is 40.3. The normalized spacial score (nSPS) is 13.7. The monoisotopic (exact) mass is 467 g/mol. The van der Waals surface area contributed by atoms with Gasteiger partial charge in [0.15, 0.2) is 0 Å². The zero-order chi connectivity index (χ0) is 24.9. The molecule has 0 saturated heterocycles. The van der Waals surface area contributed by atoms with E-state index in [2.05, 4.69) is 23.3 Å².